The molecular weight excluding hydrogens is 326 g/mol. The molecule has 2 atom stereocenters. The number of piperazine rings is 1. The summed E-state index contributed by atoms with van der Waals surface area (Å²) < 4.78 is 1.18. The van der Waals surface area contributed by atoms with E-state index in [9.17, 15) is 0 Å². The maximum absolute atomic E-state index is 6.48. The second-order valence-electron chi connectivity index (χ2n) is 6.34. The molecule has 0 amide bonds. The van der Waals surface area contributed by atoms with Crippen molar-refractivity contribution in [2.75, 3.05) is 26.2 Å². The summed E-state index contributed by atoms with van der Waals surface area (Å²) in [5.74, 6) is 0. The zero-order valence-corrected chi connectivity index (χ0v) is 14.4. The molecule has 3 nitrogen and oxygen atoms in total. The second kappa shape index (κ2) is 6.78. The molecule has 2 N–H and O–H groups in total. The Balaban J connectivity index is 1.75. The third-order valence-electron chi connectivity index (χ3n) is 4.91. The lowest BCUT2D eigenvalue weighted by molar-refractivity contribution is 0.0792. The van der Waals surface area contributed by atoms with Crippen LogP contribution in [0.2, 0.25) is 0 Å². The first-order chi connectivity index (χ1) is 10.2. The van der Waals surface area contributed by atoms with E-state index < -0.39 is 0 Å². The van der Waals surface area contributed by atoms with Gasteiger partial charge in [0.1, 0.15) is 0 Å². The van der Waals surface area contributed by atoms with Gasteiger partial charge < -0.3 is 5.73 Å². The average molecular weight is 352 g/mol. The van der Waals surface area contributed by atoms with Gasteiger partial charge in [-0.05, 0) is 30.9 Å². The number of nitrogens with zero attached hydrogens (tertiary/aromatic N) is 2. The number of hydrogen-bond donors (Lipinski definition) is 1. The van der Waals surface area contributed by atoms with E-state index >= 15 is 0 Å². The van der Waals surface area contributed by atoms with Crippen molar-refractivity contribution in [2.24, 2.45) is 5.73 Å². The maximum atomic E-state index is 6.48. The van der Waals surface area contributed by atoms with E-state index in [-0.39, 0.29) is 6.04 Å². The Bertz CT molecular complexity index is 467. The van der Waals surface area contributed by atoms with E-state index in [0.717, 1.165) is 25.6 Å². The number of benzene rings is 1. The van der Waals surface area contributed by atoms with Gasteiger partial charge in [-0.2, -0.15) is 0 Å². The molecule has 1 aliphatic heterocycles. The van der Waals surface area contributed by atoms with Crippen LogP contribution in [0.15, 0.2) is 28.7 Å². The van der Waals surface area contributed by atoms with Gasteiger partial charge in [-0.3, -0.25) is 9.80 Å². The molecule has 21 heavy (non-hydrogen) atoms. The maximum Gasteiger partial charge on any atom is 0.0511 e. The summed E-state index contributed by atoms with van der Waals surface area (Å²) in [4.78, 5) is 5.25. The van der Waals surface area contributed by atoms with E-state index in [1.807, 2.05) is 0 Å². The molecule has 1 aromatic rings. The Kier molecular flexibility index (Phi) is 4.99. The number of halogens is 1. The van der Waals surface area contributed by atoms with Crippen molar-refractivity contribution in [1.29, 1.82) is 0 Å². The first kappa shape index (κ1) is 15.5. The molecule has 0 bridgehead atoms. The van der Waals surface area contributed by atoms with Crippen LogP contribution in [-0.2, 0) is 0 Å². The highest BCUT2D eigenvalue weighted by molar-refractivity contribution is 9.10. The van der Waals surface area contributed by atoms with E-state index in [1.54, 1.807) is 0 Å². The van der Waals surface area contributed by atoms with Crippen LogP contribution in [0.25, 0.3) is 0 Å². The summed E-state index contributed by atoms with van der Waals surface area (Å²) in [6.45, 7) is 6.85. The summed E-state index contributed by atoms with van der Waals surface area (Å²) in [5, 5.41) is 0. The zero-order valence-electron chi connectivity index (χ0n) is 12.8. The highest BCUT2D eigenvalue weighted by atomic mass is 79.9. The van der Waals surface area contributed by atoms with Gasteiger partial charge in [0, 0.05) is 42.7 Å². The highest BCUT2D eigenvalue weighted by Gasteiger charge is 2.34. The molecule has 4 heteroatoms. The molecule has 2 aliphatic rings. The van der Waals surface area contributed by atoms with Crippen molar-refractivity contribution in [1.82, 2.24) is 9.80 Å². The minimum atomic E-state index is 0.191. The molecule has 116 valence electrons. The summed E-state index contributed by atoms with van der Waals surface area (Å²) in [7, 11) is 0. The van der Waals surface area contributed by atoms with Crippen molar-refractivity contribution in [2.45, 2.75) is 44.3 Å². The third kappa shape index (κ3) is 3.50. The fraction of sp³-hybridized carbons (Fsp3) is 0.647. The van der Waals surface area contributed by atoms with Gasteiger partial charge in [0.05, 0.1) is 6.04 Å². The van der Waals surface area contributed by atoms with Gasteiger partial charge in [0.2, 0.25) is 0 Å². The van der Waals surface area contributed by atoms with Crippen molar-refractivity contribution in [3.8, 4) is 0 Å². The SMILES string of the molecule is CCC(N)C(c1ccccc1Br)N1CCN(C2CC2)CC1. The van der Waals surface area contributed by atoms with E-state index in [2.05, 4.69) is 56.9 Å². The molecule has 1 saturated carbocycles. The van der Waals surface area contributed by atoms with Crippen LogP contribution in [0.5, 0.6) is 0 Å². The first-order valence-electron chi connectivity index (χ1n) is 8.18. The Morgan fingerprint density at radius 1 is 1.19 bits per heavy atom. The fourth-order valence-electron chi connectivity index (χ4n) is 3.46. The molecule has 1 aliphatic carbocycles. The predicted octanol–water partition coefficient (Wildman–Crippen LogP) is 3.01. The third-order valence-corrected chi connectivity index (χ3v) is 5.63. The normalized spacial score (nSPS) is 24.0. The highest BCUT2D eigenvalue weighted by Crippen LogP contribution is 2.33. The average Bonchev–Trinajstić information content (AvgIpc) is 3.35. The van der Waals surface area contributed by atoms with Crippen LogP contribution in [0, 0.1) is 0 Å². The molecule has 0 aromatic heterocycles. The summed E-state index contributed by atoms with van der Waals surface area (Å²) in [6, 6.07) is 9.95. The van der Waals surface area contributed by atoms with Gasteiger partial charge >= 0.3 is 0 Å². The van der Waals surface area contributed by atoms with Crippen LogP contribution in [0.4, 0.5) is 0 Å². The van der Waals surface area contributed by atoms with Crippen LogP contribution in [0.3, 0.4) is 0 Å². The van der Waals surface area contributed by atoms with Gasteiger partial charge in [-0.1, -0.05) is 41.1 Å². The molecule has 0 radical (unpaired) electrons. The number of hydrogen-bond acceptors (Lipinski definition) is 3. The lowest BCUT2D eigenvalue weighted by Crippen LogP contribution is -2.51. The Morgan fingerprint density at radius 3 is 2.43 bits per heavy atom. The van der Waals surface area contributed by atoms with E-state index in [4.69, 9.17) is 5.73 Å². The predicted molar refractivity (Wildman–Crippen MR) is 91.3 cm³/mol. The Morgan fingerprint density at radius 2 is 1.86 bits per heavy atom. The summed E-state index contributed by atoms with van der Waals surface area (Å²) in [6.07, 6.45) is 3.82. The van der Waals surface area contributed by atoms with Gasteiger partial charge in [0.15, 0.2) is 0 Å². The molecule has 3 rings (SSSR count). The quantitative estimate of drug-likeness (QED) is 0.884. The largest absolute Gasteiger partial charge is 0.326 e. The summed E-state index contributed by atoms with van der Waals surface area (Å²) in [5.41, 5.74) is 7.82. The van der Waals surface area contributed by atoms with Crippen LogP contribution in [-0.4, -0.2) is 48.1 Å². The Labute approximate surface area is 136 Å². The van der Waals surface area contributed by atoms with Gasteiger partial charge in [0.25, 0.3) is 0 Å². The van der Waals surface area contributed by atoms with E-state index in [0.29, 0.717) is 6.04 Å². The minimum absolute atomic E-state index is 0.191. The van der Waals surface area contributed by atoms with Crippen LogP contribution >= 0.6 is 15.9 Å². The minimum Gasteiger partial charge on any atom is -0.326 e. The number of nitrogens with two attached hydrogens (primary N) is 1. The second-order valence-corrected chi connectivity index (χ2v) is 7.20. The lowest BCUT2D eigenvalue weighted by atomic mass is 9.95. The smallest absolute Gasteiger partial charge is 0.0511 e. The number of rotatable bonds is 5. The fourth-order valence-corrected chi connectivity index (χ4v) is 3.98. The van der Waals surface area contributed by atoms with E-state index in [1.165, 1.54) is 36.0 Å². The van der Waals surface area contributed by atoms with Gasteiger partial charge in [-0.15, -0.1) is 0 Å². The molecular formula is C17H26BrN3. The first-order valence-corrected chi connectivity index (χ1v) is 8.98. The molecule has 1 heterocycles. The Hall–Kier alpha value is -0.420. The summed E-state index contributed by atoms with van der Waals surface area (Å²) >= 11 is 3.71. The molecule has 1 saturated heterocycles. The lowest BCUT2D eigenvalue weighted by Gasteiger charge is -2.42. The van der Waals surface area contributed by atoms with Crippen molar-refractivity contribution >= 4 is 15.9 Å². The standard InChI is InChI=1S/C17H26BrN3/c1-2-16(19)17(14-5-3-4-6-15(14)18)21-11-9-20(10-12-21)13-7-8-13/h3-6,13,16-17H,2,7-12,19H2,1H3. The van der Waals surface area contributed by atoms with Crippen LogP contribution < -0.4 is 5.73 Å². The van der Waals surface area contributed by atoms with Gasteiger partial charge in [-0.25, -0.2) is 0 Å². The van der Waals surface area contributed by atoms with Crippen molar-refractivity contribution in [3.63, 3.8) is 0 Å². The molecule has 2 unspecified atom stereocenters. The molecule has 2 fully saturated rings. The van der Waals surface area contributed by atoms with Crippen LogP contribution in [0.1, 0.15) is 37.8 Å². The monoisotopic (exact) mass is 351 g/mol. The van der Waals surface area contributed by atoms with Crippen molar-refractivity contribution < 1.29 is 0 Å². The zero-order chi connectivity index (χ0) is 14.8. The topological polar surface area (TPSA) is 32.5 Å². The van der Waals surface area contributed by atoms with Crippen molar-refractivity contribution in [3.05, 3.63) is 34.3 Å². The molecule has 0 spiro atoms. The molecule has 1 aromatic carbocycles.